The van der Waals surface area contributed by atoms with Crippen LogP contribution < -0.4 is 10.6 Å². The van der Waals surface area contributed by atoms with Crippen molar-refractivity contribution in [3.05, 3.63) is 0 Å². The Morgan fingerprint density at radius 2 is 2.24 bits per heavy atom. The molecule has 0 aliphatic carbocycles. The molecule has 1 fully saturated rings. The Labute approximate surface area is 104 Å². The van der Waals surface area contributed by atoms with E-state index in [1.165, 1.54) is 0 Å². The van der Waals surface area contributed by atoms with Crippen molar-refractivity contribution in [2.75, 3.05) is 36.6 Å². The summed E-state index contributed by atoms with van der Waals surface area (Å²) in [4.78, 5) is 11.5. The zero-order valence-corrected chi connectivity index (χ0v) is 11.4. The molecular weight excluding hydrogens is 264 g/mol. The Balaban J connectivity index is 2.28. The maximum Gasteiger partial charge on any atom is 0.221 e. The monoisotopic (exact) mass is 282 g/mol. The molecule has 17 heavy (non-hydrogen) atoms. The minimum atomic E-state index is -3.00. The van der Waals surface area contributed by atoms with Crippen molar-refractivity contribution in [1.82, 2.24) is 10.6 Å². The van der Waals surface area contributed by atoms with Gasteiger partial charge in [0.05, 0.1) is 11.5 Å². The zero-order chi connectivity index (χ0) is 12.9. The van der Waals surface area contributed by atoms with Crippen LogP contribution in [0.15, 0.2) is 0 Å². The second-order valence-electron chi connectivity index (χ2n) is 4.10. The van der Waals surface area contributed by atoms with Crippen molar-refractivity contribution < 1.29 is 17.4 Å². The molecular formula is C9H18N2O4S2. The molecule has 0 aromatic heterocycles. The van der Waals surface area contributed by atoms with E-state index in [1.807, 2.05) is 0 Å². The lowest BCUT2D eigenvalue weighted by molar-refractivity contribution is -0.121. The van der Waals surface area contributed by atoms with Crippen LogP contribution in [0.3, 0.4) is 0 Å². The van der Waals surface area contributed by atoms with Gasteiger partial charge in [-0.25, -0.2) is 8.42 Å². The molecule has 0 aromatic rings. The van der Waals surface area contributed by atoms with Crippen LogP contribution in [-0.2, 0) is 25.4 Å². The van der Waals surface area contributed by atoms with Crippen LogP contribution in [0.5, 0.6) is 0 Å². The van der Waals surface area contributed by atoms with Gasteiger partial charge in [0, 0.05) is 48.4 Å². The van der Waals surface area contributed by atoms with Crippen LogP contribution in [-0.4, -0.2) is 61.2 Å². The van der Waals surface area contributed by atoms with Crippen molar-refractivity contribution in [3.8, 4) is 0 Å². The van der Waals surface area contributed by atoms with Gasteiger partial charge in [-0.1, -0.05) is 0 Å². The van der Waals surface area contributed by atoms with E-state index < -0.39 is 20.6 Å². The van der Waals surface area contributed by atoms with Crippen LogP contribution in [0, 0.1) is 0 Å². The number of sulfone groups is 1. The summed E-state index contributed by atoms with van der Waals surface area (Å²) >= 11 is 0. The van der Waals surface area contributed by atoms with Crippen LogP contribution in [0.25, 0.3) is 0 Å². The van der Waals surface area contributed by atoms with E-state index in [2.05, 4.69) is 10.6 Å². The van der Waals surface area contributed by atoms with Gasteiger partial charge in [-0.15, -0.1) is 0 Å². The third kappa shape index (κ3) is 6.13. The number of rotatable bonds is 5. The van der Waals surface area contributed by atoms with E-state index in [-0.39, 0.29) is 29.9 Å². The fraction of sp³-hybridized carbons (Fsp3) is 0.889. The van der Waals surface area contributed by atoms with Crippen LogP contribution in [0.1, 0.15) is 6.42 Å². The standard InChI is InChI=1S/C9H18N2O4S2/c1-16(13)4-2-11-9(12)6-8-7-17(14,15)5-3-10-8/h8,10H,2-7H2,1H3,(H,11,12). The summed E-state index contributed by atoms with van der Waals surface area (Å²) in [5, 5.41) is 5.63. The van der Waals surface area contributed by atoms with Gasteiger partial charge in [0.25, 0.3) is 0 Å². The number of carbonyl (C=O) groups excluding carboxylic acids is 1. The molecule has 6 nitrogen and oxygen atoms in total. The van der Waals surface area contributed by atoms with E-state index in [9.17, 15) is 17.4 Å². The van der Waals surface area contributed by atoms with Crippen molar-refractivity contribution in [3.63, 3.8) is 0 Å². The maximum absolute atomic E-state index is 11.5. The third-order valence-corrected chi connectivity index (χ3v) is 4.96. The lowest BCUT2D eigenvalue weighted by Gasteiger charge is -2.23. The number of nitrogens with one attached hydrogen (secondary N) is 2. The largest absolute Gasteiger partial charge is 0.355 e. The molecule has 100 valence electrons. The predicted octanol–water partition coefficient (Wildman–Crippen LogP) is -1.74. The average Bonchev–Trinajstić information content (AvgIpc) is 2.14. The molecule has 1 aliphatic heterocycles. The van der Waals surface area contributed by atoms with Gasteiger partial charge >= 0.3 is 0 Å². The molecule has 0 radical (unpaired) electrons. The van der Waals surface area contributed by atoms with E-state index in [1.54, 1.807) is 6.26 Å². The minimum Gasteiger partial charge on any atom is -0.355 e. The first kappa shape index (κ1) is 14.6. The third-order valence-electron chi connectivity index (χ3n) is 2.44. The second-order valence-corrected chi connectivity index (χ2v) is 7.88. The van der Waals surface area contributed by atoms with Gasteiger partial charge < -0.3 is 10.6 Å². The average molecular weight is 282 g/mol. The van der Waals surface area contributed by atoms with Crippen LogP contribution in [0.4, 0.5) is 0 Å². The van der Waals surface area contributed by atoms with Gasteiger partial charge in [-0.3, -0.25) is 9.00 Å². The van der Waals surface area contributed by atoms with E-state index in [0.717, 1.165) is 0 Å². The Hall–Kier alpha value is -0.470. The first-order valence-electron chi connectivity index (χ1n) is 5.39. The number of hydrogen-bond acceptors (Lipinski definition) is 5. The van der Waals surface area contributed by atoms with E-state index in [0.29, 0.717) is 18.8 Å². The van der Waals surface area contributed by atoms with Gasteiger partial charge in [0.1, 0.15) is 0 Å². The number of amides is 1. The minimum absolute atomic E-state index is 0.0140. The van der Waals surface area contributed by atoms with Gasteiger partial charge in [-0.05, 0) is 0 Å². The fourth-order valence-electron chi connectivity index (χ4n) is 1.63. The van der Waals surface area contributed by atoms with Gasteiger partial charge in [-0.2, -0.15) is 0 Å². The first-order chi connectivity index (χ1) is 7.89. The molecule has 0 saturated carbocycles. The molecule has 1 rings (SSSR count). The summed E-state index contributed by atoms with van der Waals surface area (Å²) in [5.74, 6) is 0.368. The summed E-state index contributed by atoms with van der Waals surface area (Å²) in [5.41, 5.74) is 0. The quantitative estimate of drug-likeness (QED) is 0.624. The zero-order valence-electron chi connectivity index (χ0n) is 9.77. The molecule has 8 heteroatoms. The van der Waals surface area contributed by atoms with Gasteiger partial charge in [0.15, 0.2) is 9.84 Å². The van der Waals surface area contributed by atoms with Crippen molar-refractivity contribution in [1.29, 1.82) is 0 Å². The summed E-state index contributed by atoms with van der Waals surface area (Å²) in [6.07, 6.45) is 1.72. The first-order valence-corrected chi connectivity index (χ1v) is 8.94. The smallest absolute Gasteiger partial charge is 0.221 e. The lowest BCUT2D eigenvalue weighted by atomic mass is 10.2. The van der Waals surface area contributed by atoms with E-state index >= 15 is 0 Å². The molecule has 2 unspecified atom stereocenters. The summed E-state index contributed by atoms with van der Waals surface area (Å²) < 4.78 is 33.4. The highest BCUT2D eigenvalue weighted by molar-refractivity contribution is 7.91. The molecule has 0 spiro atoms. The highest BCUT2D eigenvalue weighted by Crippen LogP contribution is 2.04. The second kappa shape index (κ2) is 6.46. The summed E-state index contributed by atoms with van der Waals surface area (Å²) in [7, 11) is -3.93. The van der Waals surface area contributed by atoms with Crippen LogP contribution in [0.2, 0.25) is 0 Å². The molecule has 1 heterocycles. The molecule has 2 atom stereocenters. The maximum atomic E-state index is 11.5. The molecule has 1 amide bonds. The van der Waals surface area contributed by atoms with Crippen molar-refractivity contribution in [2.24, 2.45) is 0 Å². The summed E-state index contributed by atoms with van der Waals surface area (Å²) in [6.45, 7) is 0.765. The Morgan fingerprint density at radius 1 is 1.53 bits per heavy atom. The van der Waals surface area contributed by atoms with Crippen LogP contribution >= 0.6 is 0 Å². The Bertz CT molecular complexity index is 394. The number of carbonyl (C=O) groups is 1. The fourth-order valence-corrected chi connectivity index (χ4v) is 3.46. The van der Waals surface area contributed by atoms with Gasteiger partial charge in [0.2, 0.25) is 5.91 Å². The molecule has 1 saturated heterocycles. The predicted molar refractivity (Wildman–Crippen MR) is 67.0 cm³/mol. The number of hydrogen-bond donors (Lipinski definition) is 2. The molecule has 0 bridgehead atoms. The topological polar surface area (TPSA) is 92.3 Å². The highest BCUT2D eigenvalue weighted by atomic mass is 32.2. The molecule has 2 N–H and O–H groups in total. The molecule has 0 aromatic carbocycles. The SMILES string of the molecule is CS(=O)CCNC(=O)CC1CS(=O)(=O)CCN1. The normalized spacial score (nSPS) is 25.1. The molecule has 1 aliphatic rings. The summed E-state index contributed by atoms with van der Waals surface area (Å²) in [6, 6.07) is -0.305. The lowest BCUT2D eigenvalue weighted by Crippen LogP contribution is -2.47. The highest BCUT2D eigenvalue weighted by Gasteiger charge is 2.25. The van der Waals surface area contributed by atoms with Crippen molar-refractivity contribution in [2.45, 2.75) is 12.5 Å². The van der Waals surface area contributed by atoms with E-state index in [4.69, 9.17) is 0 Å². The van der Waals surface area contributed by atoms with Crippen molar-refractivity contribution >= 4 is 26.5 Å². The Morgan fingerprint density at radius 3 is 2.82 bits per heavy atom. The Kier molecular flexibility index (Phi) is 5.54.